The Balaban J connectivity index is 1.05. The predicted octanol–water partition coefficient (Wildman–Crippen LogP) is 10.0. The van der Waals surface area contributed by atoms with Crippen LogP contribution in [0.3, 0.4) is 0 Å². The number of benzene rings is 1. The fourth-order valence-corrected chi connectivity index (χ4v) is 9.44. The quantitative estimate of drug-likeness (QED) is 0.131. The van der Waals surface area contributed by atoms with Gasteiger partial charge in [0, 0.05) is 53.8 Å². The molecule has 278 valence electrons. The number of amides is 1. The number of nitrogens with zero attached hydrogens (tertiary/aromatic N) is 3. The Kier molecular flexibility index (Phi) is 12.5. The van der Waals surface area contributed by atoms with E-state index in [0.29, 0.717) is 17.1 Å². The average molecular weight is 724 g/mol. The molecule has 3 aromatic rings. The van der Waals surface area contributed by atoms with Gasteiger partial charge < -0.3 is 10.0 Å². The van der Waals surface area contributed by atoms with E-state index in [1.54, 1.807) is 4.90 Å². The van der Waals surface area contributed by atoms with Crippen LogP contribution in [0, 0.1) is 29.6 Å². The van der Waals surface area contributed by atoms with Crippen LogP contribution in [-0.2, 0) is 21.4 Å². The highest BCUT2D eigenvalue weighted by molar-refractivity contribution is 7.14. The van der Waals surface area contributed by atoms with Gasteiger partial charge in [0.25, 0.3) is 0 Å². The molecule has 52 heavy (non-hydrogen) atoms. The van der Waals surface area contributed by atoms with Gasteiger partial charge in [0.15, 0.2) is 11.6 Å². The van der Waals surface area contributed by atoms with Gasteiger partial charge in [-0.25, -0.2) is 9.97 Å². The maximum absolute atomic E-state index is 13.6. The Hall–Kier alpha value is -3.65. The first-order valence-corrected chi connectivity index (χ1v) is 20.6. The van der Waals surface area contributed by atoms with Crippen LogP contribution in [0.1, 0.15) is 130 Å². The lowest BCUT2D eigenvalue weighted by Crippen LogP contribution is -2.55. The van der Waals surface area contributed by atoms with Gasteiger partial charge in [0.2, 0.25) is 5.91 Å². The normalized spacial score (nSPS) is 21.7. The van der Waals surface area contributed by atoms with Crippen molar-refractivity contribution in [3.05, 3.63) is 75.7 Å². The second-order valence-corrected chi connectivity index (χ2v) is 17.8. The van der Waals surface area contributed by atoms with Crippen LogP contribution in [0.15, 0.2) is 54.9 Å². The number of unbranched alkanes of at least 4 members (excludes halogenated alkanes) is 2. The number of Topliss-reactive ketones (excluding diaryl/α,β-unsaturated/α-hetero) is 1. The SMILES string of the molecule is CCCCCC1CCC(C2CC=C(c3cnc(-c4ccc(C[C@H](CC(=O)c5ccc(C(C)(C)C)s5)C(=O)N5CC(C(=O)O)C5)cc4)nc3)CC2)CC1. The Labute approximate surface area is 314 Å². The lowest BCUT2D eigenvalue weighted by atomic mass is 9.70. The van der Waals surface area contributed by atoms with Crippen molar-refractivity contribution >= 4 is 34.6 Å². The number of aromatic nitrogens is 2. The number of carboxylic acids is 1. The van der Waals surface area contributed by atoms with Crippen LogP contribution < -0.4 is 0 Å². The summed E-state index contributed by atoms with van der Waals surface area (Å²) in [4.78, 5) is 51.3. The minimum Gasteiger partial charge on any atom is -0.481 e. The number of ketones is 1. The highest BCUT2D eigenvalue weighted by Crippen LogP contribution is 2.42. The van der Waals surface area contributed by atoms with E-state index in [2.05, 4.69) is 33.8 Å². The third-order valence-electron chi connectivity index (χ3n) is 11.9. The van der Waals surface area contributed by atoms with Crippen molar-refractivity contribution in [2.24, 2.45) is 29.6 Å². The van der Waals surface area contributed by atoms with E-state index < -0.39 is 17.8 Å². The summed E-state index contributed by atoms with van der Waals surface area (Å²) in [6.45, 7) is 9.04. The van der Waals surface area contributed by atoms with Crippen molar-refractivity contribution in [1.82, 2.24) is 14.9 Å². The molecule has 2 atom stereocenters. The molecular weight excluding hydrogens is 667 g/mol. The highest BCUT2D eigenvalue weighted by atomic mass is 32.1. The highest BCUT2D eigenvalue weighted by Gasteiger charge is 2.39. The molecule has 0 radical (unpaired) electrons. The largest absolute Gasteiger partial charge is 0.481 e. The van der Waals surface area contributed by atoms with Crippen LogP contribution in [-0.4, -0.2) is 50.7 Å². The van der Waals surface area contributed by atoms with Crippen LogP contribution in [0.5, 0.6) is 0 Å². The number of hydrogen-bond acceptors (Lipinski definition) is 6. The van der Waals surface area contributed by atoms with Crippen LogP contribution >= 0.6 is 11.3 Å². The number of thiophene rings is 1. The molecule has 1 saturated heterocycles. The van der Waals surface area contributed by atoms with E-state index in [4.69, 9.17) is 9.97 Å². The van der Waals surface area contributed by atoms with Crippen molar-refractivity contribution < 1.29 is 19.5 Å². The van der Waals surface area contributed by atoms with Gasteiger partial charge >= 0.3 is 5.97 Å². The summed E-state index contributed by atoms with van der Waals surface area (Å²) in [5.41, 5.74) is 4.26. The molecule has 3 heterocycles. The van der Waals surface area contributed by atoms with E-state index in [1.165, 1.54) is 81.1 Å². The number of hydrogen-bond donors (Lipinski definition) is 1. The third-order valence-corrected chi connectivity index (χ3v) is 13.4. The molecule has 0 spiro atoms. The summed E-state index contributed by atoms with van der Waals surface area (Å²) in [7, 11) is 0. The topological polar surface area (TPSA) is 100 Å². The molecule has 1 amide bonds. The average Bonchev–Trinajstić information content (AvgIpc) is 3.64. The van der Waals surface area contributed by atoms with Crippen molar-refractivity contribution in [1.29, 1.82) is 0 Å². The van der Waals surface area contributed by atoms with E-state index in [9.17, 15) is 19.5 Å². The third kappa shape index (κ3) is 9.47. The zero-order valence-corrected chi connectivity index (χ0v) is 32.4. The molecule has 3 aliphatic rings. The second kappa shape index (κ2) is 17.0. The number of rotatable bonds is 14. The van der Waals surface area contributed by atoms with Crippen molar-refractivity contribution in [3.63, 3.8) is 0 Å². The maximum Gasteiger partial charge on any atom is 0.310 e. The van der Waals surface area contributed by atoms with Gasteiger partial charge in [-0.1, -0.05) is 96.6 Å². The molecule has 1 unspecified atom stereocenters. The smallest absolute Gasteiger partial charge is 0.310 e. The number of carbonyl (C=O) groups excluding carboxylic acids is 2. The summed E-state index contributed by atoms with van der Waals surface area (Å²) in [5.74, 6) is 1.12. The van der Waals surface area contributed by atoms with Gasteiger partial charge in [-0.3, -0.25) is 14.4 Å². The minimum atomic E-state index is -0.888. The summed E-state index contributed by atoms with van der Waals surface area (Å²) in [5, 5.41) is 9.35. The van der Waals surface area contributed by atoms with E-state index in [1.807, 2.05) is 48.8 Å². The molecule has 7 nitrogen and oxygen atoms in total. The van der Waals surface area contributed by atoms with Gasteiger partial charge in [-0.15, -0.1) is 11.3 Å². The molecule has 6 rings (SSSR count). The number of carboxylic acid groups (broad SMARTS) is 1. The number of likely N-dealkylation sites (tertiary alicyclic amines) is 1. The summed E-state index contributed by atoms with van der Waals surface area (Å²) in [6, 6.07) is 11.8. The zero-order valence-electron chi connectivity index (χ0n) is 31.6. The standard InChI is InChI=1S/C44H57N3O4S/c1-5-6-7-8-29-9-13-31(14-10-29)32-17-19-33(20-18-32)36-25-45-41(46-26-36)34-15-11-30(12-16-34)23-35(42(49)47-27-37(28-47)43(50)51)24-38(48)39-21-22-40(52-39)44(2,3)4/h11-12,15-16,19,21-22,25-26,29,31-32,35,37H,5-10,13-14,17-18,20,23-24,27-28H2,1-4H3,(H,50,51)/t29?,31?,32?,35-/m1/s1. The monoisotopic (exact) mass is 723 g/mol. The summed E-state index contributed by atoms with van der Waals surface area (Å²) in [6.07, 6.45) is 21.6. The maximum atomic E-state index is 13.6. The molecular formula is C44H57N3O4S. The fourth-order valence-electron chi connectivity index (χ4n) is 8.43. The van der Waals surface area contributed by atoms with Crippen LogP contribution in [0.2, 0.25) is 0 Å². The van der Waals surface area contributed by atoms with Crippen molar-refractivity contribution in [3.8, 4) is 11.4 Å². The molecule has 1 aliphatic heterocycles. The fraction of sp³-hybridized carbons (Fsp3) is 0.568. The molecule has 0 bridgehead atoms. The predicted molar refractivity (Wildman–Crippen MR) is 209 cm³/mol. The van der Waals surface area contributed by atoms with Gasteiger partial charge in [-0.05, 0) is 85.0 Å². The number of allylic oxidation sites excluding steroid dienone is 2. The van der Waals surface area contributed by atoms with Gasteiger partial charge in [0.1, 0.15) is 0 Å². The van der Waals surface area contributed by atoms with E-state index in [-0.39, 0.29) is 36.6 Å². The lowest BCUT2D eigenvalue weighted by Gasteiger charge is -2.38. The Morgan fingerprint density at radius 2 is 1.62 bits per heavy atom. The molecule has 2 fully saturated rings. The Morgan fingerprint density at radius 3 is 2.21 bits per heavy atom. The molecule has 1 N–H and O–H groups in total. The number of carbonyl (C=O) groups is 3. The molecule has 1 aromatic carbocycles. The molecule has 2 aliphatic carbocycles. The summed E-state index contributed by atoms with van der Waals surface area (Å²) >= 11 is 1.49. The van der Waals surface area contributed by atoms with E-state index >= 15 is 0 Å². The first kappa shape index (κ1) is 38.1. The van der Waals surface area contributed by atoms with Crippen molar-refractivity contribution in [2.45, 2.75) is 117 Å². The summed E-state index contributed by atoms with van der Waals surface area (Å²) < 4.78 is 0. The molecule has 8 heteroatoms. The lowest BCUT2D eigenvalue weighted by molar-refractivity contribution is -0.154. The molecule has 1 saturated carbocycles. The Bertz CT molecular complexity index is 1710. The second-order valence-electron chi connectivity index (χ2n) is 16.8. The minimum absolute atomic E-state index is 0.0526. The number of aliphatic carboxylic acids is 1. The van der Waals surface area contributed by atoms with Gasteiger partial charge in [-0.2, -0.15) is 0 Å². The first-order valence-electron chi connectivity index (χ1n) is 19.7. The first-order chi connectivity index (χ1) is 25.0. The van der Waals surface area contributed by atoms with Gasteiger partial charge in [0.05, 0.1) is 10.8 Å². The van der Waals surface area contributed by atoms with Crippen molar-refractivity contribution in [2.75, 3.05) is 13.1 Å². The van der Waals surface area contributed by atoms with E-state index in [0.717, 1.165) is 45.7 Å². The van der Waals surface area contributed by atoms with Crippen LogP contribution in [0.4, 0.5) is 0 Å². The zero-order chi connectivity index (χ0) is 36.8. The van der Waals surface area contributed by atoms with Crippen LogP contribution in [0.25, 0.3) is 17.0 Å². The molecule has 2 aromatic heterocycles. The Morgan fingerprint density at radius 1 is 0.904 bits per heavy atom.